The lowest BCUT2D eigenvalue weighted by molar-refractivity contribution is 0.344. The summed E-state index contributed by atoms with van der Waals surface area (Å²) in [5.41, 5.74) is 9.14. The zero-order valence-electron chi connectivity index (χ0n) is 20.1. The minimum atomic E-state index is -0.0545. The van der Waals surface area contributed by atoms with Crippen LogP contribution in [0, 0.1) is 6.92 Å². The van der Waals surface area contributed by atoms with Crippen LogP contribution in [0.2, 0.25) is 10.0 Å². The minimum absolute atomic E-state index is 0.0545. The van der Waals surface area contributed by atoms with E-state index < -0.39 is 0 Å². The van der Waals surface area contributed by atoms with Crippen molar-refractivity contribution in [2.24, 2.45) is 4.99 Å². The van der Waals surface area contributed by atoms with Gasteiger partial charge in [0.15, 0.2) is 5.17 Å². The van der Waals surface area contributed by atoms with Crippen LogP contribution in [0.25, 0.3) is 11.8 Å². The molecular weight excluding hydrogens is 505 g/mol. The summed E-state index contributed by atoms with van der Waals surface area (Å²) in [6.45, 7) is 3.73. The fourth-order valence-corrected chi connectivity index (χ4v) is 6.47. The highest BCUT2D eigenvalue weighted by Crippen LogP contribution is 2.50. The lowest BCUT2D eigenvalue weighted by Crippen LogP contribution is -2.40. The van der Waals surface area contributed by atoms with Crippen LogP contribution in [0.1, 0.15) is 28.3 Å². The van der Waals surface area contributed by atoms with E-state index in [0.717, 1.165) is 50.8 Å². The lowest BCUT2D eigenvalue weighted by atomic mass is 9.88. The third-order valence-corrected chi connectivity index (χ3v) is 8.34. The molecule has 3 aliphatic rings. The van der Waals surface area contributed by atoms with Crippen molar-refractivity contribution in [3.8, 4) is 0 Å². The molecule has 3 nitrogen and oxygen atoms in total. The van der Waals surface area contributed by atoms with Gasteiger partial charge in [0.25, 0.3) is 0 Å². The molecule has 3 heterocycles. The molecule has 36 heavy (non-hydrogen) atoms. The Labute approximate surface area is 226 Å². The standard InChI is InChI=1S/C30H25Cl2N3S/c1-19-11-13-20(14-12-19)27-18-36-30-33-28-22(15-21-7-3-5-9-25(21)31)16-34(2)17-24(28)29(35(27)30)23-8-4-6-10-26(23)32/h3-15,18,29H,16-17H2,1-2H3. The van der Waals surface area contributed by atoms with Crippen LogP contribution >= 0.6 is 35.0 Å². The minimum Gasteiger partial charge on any atom is -0.308 e. The van der Waals surface area contributed by atoms with Gasteiger partial charge in [-0.1, -0.05) is 101 Å². The van der Waals surface area contributed by atoms with Crippen molar-refractivity contribution in [3.05, 3.63) is 127 Å². The maximum absolute atomic E-state index is 6.86. The Hall–Kier alpha value is -2.76. The fourth-order valence-electron chi connectivity index (χ4n) is 5.11. The Morgan fingerprint density at radius 3 is 2.39 bits per heavy atom. The smallest absolute Gasteiger partial charge is 0.174 e. The van der Waals surface area contributed by atoms with Gasteiger partial charge >= 0.3 is 0 Å². The topological polar surface area (TPSA) is 18.8 Å². The van der Waals surface area contributed by atoms with Crippen molar-refractivity contribution in [2.75, 3.05) is 20.1 Å². The molecule has 180 valence electrons. The number of nitrogens with zero attached hydrogens (tertiary/aromatic N) is 3. The summed E-state index contributed by atoms with van der Waals surface area (Å²) in [5.74, 6) is 0. The summed E-state index contributed by atoms with van der Waals surface area (Å²) in [6.07, 6.45) is 2.19. The summed E-state index contributed by atoms with van der Waals surface area (Å²) in [4.78, 5) is 9.96. The van der Waals surface area contributed by atoms with Crippen molar-refractivity contribution in [1.29, 1.82) is 0 Å². The summed E-state index contributed by atoms with van der Waals surface area (Å²) < 4.78 is 0. The molecule has 0 N–H and O–H groups in total. The highest BCUT2D eigenvalue weighted by atomic mass is 35.5. The van der Waals surface area contributed by atoms with Gasteiger partial charge < -0.3 is 4.90 Å². The van der Waals surface area contributed by atoms with Gasteiger partial charge in [0, 0.05) is 28.5 Å². The molecule has 1 unspecified atom stereocenters. The van der Waals surface area contributed by atoms with Crippen LogP contribution in [0.15, 0.2) is 100 Å². The van der Waals surface area contributed by atoms with E-state index in [-0.39, 0.29) is 6.04 Å². The number of benzene rings is 3. The van der Waals surface area contributed by atoms with E-state index in [9.17, 15) is 0 Å². The zero-order valence-corrected chi connectivity index (χ0v) is 22.4. The van der Waals surface area contributed by atoms with Gasteiger partial charge in [-0.2, -0.15) is 0 Å². The molecule has 3 aliphatic heterocycles. The number of hydrogen-bond donors (Lipinski definition) is 0. The largest absolute Gasteiger partial charge is 0.308 e. The number of rotatable bonds is 3. The Morgan fingerprint density at radius 2 is 1.64 bits per heavy atom. The second-order valence-corrected chi connectivity index (χ2v) is 11.1. The number of fused-ring (bicyclic) bond motifs is 1. The molecule has 0 amide bonds. The number of hydrogen-bond acceptors (Lipinski definition) is 4. The Bertz CT molecular complexity index is 1470. The van der Waals surface area contributed by atoms with E-state index in [1.165, 1.54) is 22.3 Å². The van der Waals surface area contributed by atoms with E-state index in [1.54, 1.807) is 11.8 Å². The van der Waals surface area contributed by atoms with Gasteiger partial charge in [0.2, 0.25) is 0 Å². The highest BCUT2D eigenvalue weighted by molar-refractivity contribution is 8.16. The van der Waals surface area contributed by atoms with E-state index in [2.05, 4.69) is 77.7 Å². The van der Waals surface area contributed by atoms with E-state index in [0.29, 0.717) is 0 Å². The van der Waals surface area contributed by atoms with Crippen LogP contribution in [0.3, 0.4) is 0 Å². The van der Waals surface area contributed by atoms with Crippen molar-refractivity contribution in [3.63, 3.8) is 0 Å². The van der Waals surface area contributed by atoms with Crippen molar-refractivity contribution in [1.82, 2.24) is 9.80 Å². The lowest BCUT2D eigenvalue weighted by Gasteiger charge is -2.42. The molecule has 0 radical (unpaired) electrons. The van der Waals surface area contributed by atoms with Crippen LogP contribution in [-0.2, 0) is 0 Å². The van der Waals surface area contributed by atoms with Gasteiger partial charge in [0.05, 0.1) is 17.4 Å². The van der Waals surface area contributed by atoms with Crippen LogP contribution in [0.4, 0.5) is 0 Å². The van der Waals surface area contributed by atoms with Crippen LogP contribution < -0.4 is 0 Å². The number of likely N-dealkylation sites (N-methyl/N-ethyl adjacent to an activating group) is 1. The van der Waals surface area contributed by atoms with Crippen LogP contribution in [0.5, 0.6) is 0 Å². The maximum Gasteiger partial charge on any atom is 0.174 e. The monoisotopic (exact) mass is 529 g/mol. The third kappa shape index (κ3) is 4.22. The first-order chi connectivity index (χ1) is 17.5. The van der Waals surface area contributed by atoms with E-state index in [4.69, 9.17) is 28.2 Å². The van der Waals surface area contributed by atoms with Crippen molar-refractivity contribution in [2.45, 2.75) is 13.0 Å². The summed E-state index contributed by atoms with van der Waals surface area (Å²) in [5, 5.41) is 4.70. The van der Waals surface area contributed by atoms with Gasteiger partial charge in [-0.3, -0.25) is 4.90 Å². The molecule has 3 aromatic rings. The van der Waals surface area contributed by atoms with E-state index >= 15 is 0 Å². The van der Waals surface area contributed by atoms with Crippen molar-refractivity contribution >= 4 is 51.9 Å². The first kappa shape index (κ1) is 23.6. The average molecular weight is 531 g/mol. The molecule has 0 aromatic heterocycles. The Morgan fingerprint density at radius 1 is 0.917 bits per heavy atom. The second kappa shape index (κ2) is 9.60. The van der Waals surface area contributed by atoms with Gasteiger partial charge in [-0.05, 0) is 60.0 Å². The quantitative estimate of drug-likeness (QED) is 0.342. The molecular formula is C30H25Cl2N3S. The predicted octanol–water partition coefficient (Wildman–Crippen LogP) is 8.04. The number of thioether (sulfide) groups is 1. The SMILES string of the molecule is Cc1ccc(C2=CSC3=NC4=C(CN(C)CC4=Cc4ccccc4Cl)C(c4ccccc4Cl)N23)cc1. The summed E-state index contributed by atoms with van der Waals surface area (Å²) >= 11 is 15.1. The highest BCUT2D eigenvalue weighted by Gasteiger charge is 2.41. The molecule has 1 atom stereocenters. The Kier molecular flexibility index (Phi) is 6.30. The van der Waals surface area contributed by atoms with Gasteiger partial charge in [-0.25, -0.2) is 4.99 Å². The van der Waals surface area contributed by atoms with E-state index in [1.807, 2.05) is 30.3 Å². The summed E-state index contributed by atoms with van der Waals surface area (Å²) in [6, 6.07) is 24.8. The molecule has 0 bridgehead atoms. The molecule has 0 spiro atoms. The van der Waals surface area contributed by atoms with Gasteiger partial charge in [0.1, 0.15) is 0 Å². The second-order valence-electron chi connectivity index (χ2n) is 9.41. The van der Waals surface area contributed by atoms with Crippen LogP contribution in [-0.4, -0.2) is 35.1 Å². The molecule has 3 aromatic carbocycles. The molecule has 0 fully saturated rings. The molecule has 0 saturated heterocycles. The first-order valence-electron chi connectivity index (χ1n) is 11.9. The predicted molar refractivity (Wildman–Crippen MR) is 154 cm³/mol. The molecule has 6 rings (SSSR count). The zero-order chi connectivity index (χ0) is 24.8. The maximum atomic E-state index is 6.86. The molecule has 0 aliphatic carbocycles. The number of amidine groups is 1. The van der Waals surface area contributed by atoms with Gasteiger partial charge in [-0.15, -0.1) is 0 Å². The van der Waals surface area contributed by atoms with Crippen molar-refractivity contribution < 1.29 is 0 Å². The number of halogens is 2. The molecule has 6 heteroatoms. The number of aryl methyl sites for hydroxylation is 1. The number of aliphatic imine (C=N–C) groups is 1. The first-order valence-corrected chi connectivity index (χ1v) is 13.6. The fraction of sp³-hybridized carbons (Fsp3) is 0.167. The summed E-state index contributed by atoms with van der Waals surface area (Å²) in [7, 11) is 2.16. The molecule has 0 saturated carbocycles. The normalized spacial score (nSPS) is 20.8. The Balaban J connectivity index is 1.54. The third-order valence-electron chi connectivity index (χ3n) is 6.81. The average Bonchev–Trinajstić information content (AvgIpc) is 3.29.